The Morgan fingerprint density at radius 3 is 3.04 bits per heavy atom. The second kappa shape index (κ2) is 5.67. The van der Waals surface area contributed by atoms with Crippen LogP contribution in [-0.4, -0.2) is 38.7 Å². The van der Waals surface area contributed by atoms with Gasteiger partial charge in [0.2, 0.25) is 0 Å². The standard InChI is InChI=1S/C17H18N4O3/c1-20-14-9-11(4-5-15(14)24-17(20)23)16(22)21-8-2-3-12(10-21)13-6-7-18-19-13/h4-7,9,12H,2-3,8,10H2,1H3,(H,18,19)/t12-/m1/s1. The highest BCUT2D eigenvalue weighted by Crippen LogP contribution is 2.26. The zero-order valence-corrected chi connectivity index (χ0v) is 13.4. The van der Waals surface area contributed by atoms with E-state index in [1.54, 1.807) is 31.4 Å². The SMILES string of the molecule is Cn1c(=O)oc2ccc(C(=O)N3CCC[C@@H](c4ccn[nH]4)C3)cc21. The van der Waals surface area contributed by atoms with E-state index in [9.17, 15) is 9.59 Å². The van der Waals surface area contributed by atoms with Crippen molar-refractivity contribution in [2.75, 3.05) is 13.1 Å². The van der Waals surface area contributed by atoms with Crippen molar-refractivity contribution < 1.29 is 9.21 Å². The van der Waals surface area contributed by atoms with Gasteiger partial charge in [-0.25, -0.2) is 4.79 Å². The Bertz CT molecular complexity index is 939. The molecular formula is C17H18N4O3. The molecule has 0 radical (unpaired) electrons. The summed E-state index contributed by atoms with van der Waals surface area (Å²) in [4.78, 5) is 26.3. The van der Waals surface area contributed by atoms with Crippen LogP contribution in [-0.2, 0) is 7.05 Å². The predicted molar refractivity (Wildman–Crippen MR) is 87.9 cm³/mol. The molecule has 0 bridgehead atoms. The molecule has 1 amide bonds. The molecule has 0 saturated carbocycles. The molecule has 3 heterocycles. The van der Waals surface area contributed by atoms with Crippen LogP contribution in [0.3, 0.4) is 0 Å². The Hall–Kier alpha value is -2.83. The number of aromatic nitrogens is 3. The van der Waals surface area contributed by atoms with Crippen LogP contribution < -0.4 is 5.76 Å². The lowest BCUT2D eigenvalue weighted by atomic mass is 9.94. The van der Waals surface area contributed by atoms with Crippen LogP contribution in [0.25, 0.3) is 11.1 Å². The van der Waals surface area contributed by atoms with Crippen molar-refractivity contribution in [2.45, 2.75) is 18.8 Å². The highest BCUT2D eigenvalue weighted by Gasteiger charge is 2.26. The van der Waals surface area contributed by atoms with E-state index >= 15 is 0 Å². The summed E-state index contributed by atoms with van der Waals surface area (Å²) in [6, 6.07) is 7.09. The van der Waals surface area contributed by atoms with E-state index in [0.29, 0.717) is 23.2 Å². The van der Waals surface area contributed by atoms with Crippen molar-refractivity contribution >= 4 is 17.0 Å². The Morgan fingerprint density at radius 1 is 1.38 bits per heavy atom. The van der Waals surface area contributed by atoms with E-state index in [0.717, 1.165) is 25.1 Å². The molecule has 0 unspecified atom stereocenters. The minimum absolute atomic E-state index is 0.0187. The molecule has 1 aromatic carbocycles. The van der Waals surface area contributed by atoms with Crippen molar-refractivity contribution in [1.82, 2.24) is 19.7 Å². The third-order valence-electron chi connectivity index (χ3n) is 4.71. The molecule has 1 saturated heterocycles. The third kappa shape index (κ3) is 2.42. The van der Waals surface area contributed by atoms with Crippen molar-refractivity contribution in [3.8, 4) is 0 Å². The number of hydrogen-bond acceptors (Lipinski definition) is 4. The van der Waals surface area contributed by atoms with Crippen LogP contribution in [0.1, 0.15) is 34.8 Å². The molecule has 7 heteroatoms. The number of piperidine rings is 1. The molecule has 1 fully saturated rings. The molecule has 1 aliphatic rings. The lowest BCUT2D eigenvalue weighted by molar-refractivity contribution is 0.0706. The molecule has 1 aliphatic heterocycles. The fourth-order valence-corrected chi connectivity index (χ4v) is 3.35. The number of hydrogen-bond donors (Lipinski definition) is 1. The highest BCUT2D eigenvalue weighted by molar-refractivity contribution is 5.97. The summed E-state index contributed by atoms with van der Waals surface area (Å²) in [5.74, 6) is -0.158. The second-order valence-corrected chi connectivity index (χ2v) is 6.21. The van der Waals surface area contributed by atoms with Crippen LogP contribution >= 0.6 is 0 Å². The van der Waals surface area contributed by atoms with Gasteiger partial charge >= 0.3 is 5.76 Å². The largest absolute Gasteiger partial charge is 0.419 e. The summed E-state index contributed by atoms with van der Waals surface area (Å²) in [6.07, 6.45) is 3.74. The van der Waals surface area contributed by atoms with E-state index in [-0.39, 0.29) is 11.8 Å². The number of nitrogens with one attached hydrogen (secondary N) is 1. The van der Waals surface area contributed by atoms with Gasteiger partial charge in [0, 0.05) is 43.5 Å². The fraction of sp³-hybridized carbons (Fsp3) is 0.353. The van der Waals surface area contributed by atoms with E-state index < -0.39 is 5.76 Å². The Morgan fingerprint density at radius 2 is 2.25 bits per heavy atom. The summed E-state index contributed by atoms with van der Waals surface area (Å²) in [7, 11) is 1.64. The minimum atomic E-state index is -0.424. The Kier molecular flexibility index (Phi) is 3.48. The first-order valence-electron chi connectivity index (χ1n) is 8.01. The van der Waals surface area contributed by atoms with Crippen LogP contribution in [0.15, 0.2) is 39.7 Å². The predicted octanol–water partition coefficient (Wildman–Crippen LogP) is 1.87. The number of H-pyrrole nitrogens is 1. The molecule has 124 valence electrons. The van der Waals surface area contributed by atoms with Crippen molar-refractivity contribution in [3.63, 3.8) is 0 Å². The van der Waals surface area contributed by atoms with Gasteiger partial charge in [-0.15, -0.1) is 0 Å². The fourth-order valence-electron chi connectivity index (χ4n) is 3.35. The summed E-state index contributed by atoms with van der Waals surface area (Å²) in [5.41, 5.74) is 2.77. The van der Waals surface area contributed by atoms with E-state index in [1.165, 1.54) is 4.57 Å². The average molecular weight is 326 g/mol. The lowest BCUT2D eigenvalue weighted by Crippen LogP contribution is -2.39. The van der Waals surface area contributed by atoms with Crippen LogP contribution in [0.5, 0.6) is 0 Å². The number of aromatic amines is 1. The number of rotatable bonds is 2. The van der Waals surface area contributed by atoms with Gasteiger partial charge in [-0.3, -0.25) is 14.5 Å². The van der Waals surface area contributed by atoms with Crippen LogP contribution in [0.4, 0.5) is 0 Å². The van der Waals surface area contributed by atoms with Gasteiger partial charge in [-0.2, -0.15) is 5.10 Å². The summed E-state index contributed by atoms with van der Waals surface area (Å²) in [5, 5.41) is 7.00. The normalized spacial score (nSPS) is 18.2. The van der Waals surface area contributed by atoms with Gasteiger partial charge in [-0.05, 0) is 37.1 Å². The second-order valence-electron chi connectivity index (χ2n) is 6.21. The number of aryl methyl sites for hydroxylation is 1. The maximum atomic E-state index is 12.9. The molecule has 0 spiro atoms. The topological polar surface area (TPSA) is 84.1 Å². The lowest BCUT2D eigenvalue weighted by Gasteiger charge is -2.32. The van der Waals surface area contributed by atoms with Crippen LogP contribution in [0.2, 0.25) is 0 Å². The summed E-state index contributed by atoms with van der Waals surface area (Å²) >= 11 is 0. The highest BCUT2D eigenvalue weighted by atomic mass is 16.4. The number of fused-ring (bicyclic) bond motifs is 1. The molecule has 24 heavy (non-hydrogen) atoms. The molecular weight excluding hydrogens is 308 g/mol. The first-order chi connectivity index (χ1) is 11.6. The Balaban J connectivity index is 1.61. The van der Waals surface area contributed by atoms with E-state index in [4.69, 9.17) is 4.42 Å². The molecule has 1 atom stereocenters. The first-order valence-corrected chi connectivity index (χ1v) is 8.01. The van der Waals surface area contributed by atoms with Gasteiger partial charge < -0.3 is 9.32 Å². The van der Waals surface area contributed by atoms with Crippen LogP contribution in [0, 0.1) is 0 Å². The smallest absolute Gasteiger partial charge is 0.408 e. The first kappa shape index (κ1) is 14.7. The number of carbonyl (C=O) groups excluding carboxylic acids is 1. The van der Waals surface area contributed by atoms with Crippen molar-refractivity contribution in [1.29, 1.82) is 0 Å². The number of carbonyl (C=O) groups is 1. The summed E-state index contributed by atoms with van der Waals surface area (Å²) < 4.78 is 6.53. The van der Waals surface area contributed by atoms with E-state index in [1.807, 2.05) is 11.0 Å². The van der Waals surface area contributed by atoms with E-state index in [2.05, 4.69) is 10.2 Å². The molecule has 2 aromatic heterocycles. The molecule has 7 nitrogen and oxygen atoms in total. The molecule has 1 N–H and O–H groups in total. The molecule has 4 rings (SSSR count). The van der Waals surface area contributed by atoms with Gasteiger partial charge in [0.1, 0.15) is 0 Å². The molecule has 3 aromatic rings. The summed E-state index contributed by atoms with van der Waals surface area (Å²) in [6.45, 7) is 1.41. The van der Waals surface area contributed by atoms with Crippen molar-refractivity contribution in [2.24, 2.45) is 7.05 Å². The maximum absolute atomic E-state index is 12.9. The van der Waals surface area contributed by atoms with Gasteiger partial charge in [0.15, 0.2) is 5.58 Å². The number of amides is 1. The Labute approximate surface area is 137 Å². The third-order valence-corrected chi connectivity index (χ3v) is 4.71. The van der Waals surface area contributed by atoms with Gasteiger partial charge in [-0.1, -0.05) is 0 Å². The quantitative estimate of drug-likeness (QED) is 0.779. The number of benzene rings is 1. The zero-order valence-electron chi connectivity index (χ0n) is 13.4. The number of likely N-dealkylation sites (tertiary alicyclic amines) is 1. The zero-order chi connectivity index (χ0) is 16.7. The number of oxazole rings is 1. The van der Waals surface area contributed by atoms with Crippen molar-refractivity contribution in [3.05, 3.63) is 52.3 Å². The monoisotopic (exact) mass is 326 g/mol. The van der Waals surface area contributed by atoms with Gasteiger partial charge in [0.05, 0.1) is 5.52 Å². The minimum Gasteiger partial charge on any atom is -0.408 e. The van der Waals surface area contributed by atoms with Gasteiger partial charge in [0.25, 0.3) is 5.91 Å². The molecule has 0 aliphatic carbocycles. The maximum Gasteiger partial charge on any atom is 0.419 e. The average Bonchev–Trinajstić information content (AvgIpc) is 3.24. The number of nitrogens with zero attached hydrogens (tertiary/aromatic N) is 3.